The smallest absolute Gasteiger partial charge is 0.417 e. The van der Waals surface area contributed by atoms with Crippen LogP contribution >= 0.6 is 0 Å². The minimum atomic E-state index is -4.76. The van der Waals surface area contributed by atoms with E-state index in [9.17, 15) is 27.9 Å². The van der Waals surface area contributed by atoms with Crippen LogP contribution in [0.25, 0.3) is 22.0 Å². The van der Waals surface area contributed by atoms with E-state index < -0.39 is 34.9 Å². The second kappa shape index (κ2) is 8.27. The fourth-order valence-electron chi connectivity index (χ4n) is 3.52. The van der Waals surface area contributed by atoms with Gasteiger partial charge in [-0.3, -0.25) is 14.6 Å². The number of carboxylic acids is 1. The van der Waals surface area contributed by atoms with Gasteiger partial charge in [-0.05, 0) is 31.0 Å². The molecule has 0 saturated heterocycles. The number of hydrogen-bond acceptors (Lipinski definition) is 5. The molecule has 1 atom stereocenters. The molecule has 170 valence electrons. The van der Waals surface area contributed by atoms with E-state index in [0.717, 1.165) is 10.6 Å². The van der Waals surface area contributed by atoms with Gasteiger partial charge in [0, 0.05) is 37.8 Å². The van der Waals surface area contributed by atoms with Crippen molar-refractivity contribution in [2.45, 2.75) is 25.6 Å². The largest absolute Gasteiger partial charge is 0.480 e. The van der Waals surface area contributed by atoms with Gasteiger partial charge in [-0.15, -0.1) is 0 Å². The van der Waals surface area contributed by atoms with Crippen LogP contribution in [-0.2, 0) is 24.4 Å². The van der Waals surface area contributed by atoms with Gasteiger partial charge >= 0.3 is 12.1 Å². The van der Waals surface area contributed by atoms with Gasteiger partial charge in [0.15, 0.2) is 0 Å². The molecule has 0 spiro atoms. The van der Waals surface area contributed by atoms with Crippen molar-refractivity contribution in [1.82, 2.24) is 9.55 Å². The molecule has 32 heavy (non-hydrogen) atoms. The van der Waals surface area contributed by atoms with Crippen molar-refractivity contribution in [3.8, 4) is 11.1 Å². The highest BCUT2D eigenvalue weighted by Crippen LogP contribution is 2.39. The number of nitrogens with zero attached hydrogens (tertiary/aromatic N) is 3. The van der Waals surface area contributed by atoms with Crippen LogP contribution < -0.4 is 16.2 Å². The predicted molar refractivity (Wildman–Crippen MR) is 116 cm³/mol. The number of hydrogen-bond donors (Lipinski definition) is 2. The van der Waals surface area contributed by atoms with E-state index in [-0.39, 0.29) is 23.2 Å². The zero-order valence-electron chi connectivity index (χ0n) is 18.0. The molecule has 3 rings (SSSR count). The molecule has 0 bridgehead atoms. The third-order valence-electron chi connectivity index (χ3n) is 5.44. The highest BCUT2D eigenvalue weighted by Gasteiger charge is 2.36. The Morgan fingerprint density at radius 3 is 2.50 bits per heavy atom. The number of carbonyl (C=O) groups is 1. The van der Waals surface area contributed by atoms with Crippen LogP contribution in [0.15, 0.2) is 35.3 Å². The monoisotopic (exact) mass is 448 g/mol. The first-order chi connectivity index (χ1) is 14.8. The molecule has 10 heteroatoms. The molecule has 0 fully saturated rings. The standard InChI is InChI=1S/C22H23F3N4O3/c1-11-7-16(22(23,24)25)18(20(30)29(11)4)14-6-5-12(8-17(26)21(31)32)15-9-13(28(2)3)10-27-19(14)15/h5-7,9-10,17H,8,26H2,1-4H3,(H,31,32)/t17-/m0/s1. The van der Waals surface area contributed by atoms with E-state index in [1.165, 1.54) is 32.3 Å². The summed E-state index contributed by atoms with van der Waals surface area (Å²) in [6, 6.07) is 4.30. The molecule has 2 aromatic heterocycles. The molecule has 0 saturated carbocycles. The molecule has 0 aliphatic carbocycles. The van der Waals surface area contributed by atoms with Crippen molar-refractivity contribution >= 4 is 22.6 Å². The van der Waals surface area contributed by atoms with Crippen molar-refractivity contribution in [2.24, 2.45) is 12.8 Å². The lowest BCUT2D eigenvalue weighted by Gasteiger charge is -2.19. The number of anilines is 1. The van der Waals surface area contributed by atoms with E-state index >= 15 is 0 Å². The van der Waals surface area contributed by atoms with Crippen molar-refractivity contribution in [3.05, 3.63) is 57.6 Å². The first kappa shape index (κ1) is 23.3. The number of aliphatic carboxylic acids is 1. The number of aryl methyl sites for hydroxylation is 1. The Labute approximate surface area is 181 Å². The van der Waals surface area contributed by atoms with Crippen LogP contribution in [0.5, 0.6) is 0 Å². The quantitative estimate of drug-likeness (QED) is 0.622. The third-order valence-corrected chi connectivity index (χ3v) is 5.44. The zero-order valence-corrected chi connectivity index (χ0v) is 18.0. The second-order valence-electron chi connectivity index (χ2n) is 7.84. The third kappa shape index (κ3) is 4.18. The van der Waals surface area contributed by atoms with Gasteiger partial charge in [-0.25, -0.2) is 0 Å². The summed E-state index contributed by atoms with van der Waals surface area (Å²) in [6.07, 6.45) is -3.32. The Morgan fingerprint density at radius 2 is 1.94 bits per heavy atom. The number of nitrogens with two attached hydrogens (primary N) is 1. The lowest BCUT2D eigenvalue weighted by Crippen LogP contribution is -2.32. The second-order valence-corrected chi connectivity index (χ2v) is 7.84. The average molecular weight is 448 g/mol. The maximum absolute atomic E-state index is 13.9. The highest BCUT2D eigenvalue weighted by atomic mass is 19.4. The number of benzene rings is 1. The topological polar surface area (TPSA) is 101 Å². The summed E-state index contributed by atoms with van der Waals surface area (Å²) in [7, 11) is 4.95. The maximum atomic E-state index is 13.9. The number of alkyl halides is 3. The number of carboxylic acid groups (broad SMARTS) is 1. The maximum Gasteiger partial charge on any atom is 0.417 e. The molecule has 3 aromatic rings. The summed E-state index contributed by atoms with van der Waals surface area (Å²) >= 11 is 0. The fraction of sp³-hybridized carbons (Fsp3) is 0.318. The van der Waals surface area contributed by atoms with Gasteiger partial charge in [0.1, 0.15) is 6.04 Å². The van der Waals surface area contributed by atoms with Crippen molar-refractivity contribution in [1.29, 1.82) is 0 Å². The minimum absolute atomic E-state index is 0.0193. The lowest BCUT2D eigenvalue weighted by molar-refractivity contribution is -0.138. The summed E-state index contributed by atoms with van der Waals surface area (Å²) in [5.74, 6) is -1.20. The van der Waals surface area contributed by atoms with Gasteiger partial charge in [-0.2, -0.15) is 13.2 Å². The van der Waals surface area contributed by atoms with Crippen LogP contribution in [0.4, 0.5) is 18.9 Å². The number of pyridine rings is 2. The molecule has 0 unspecified atom stereocenters. The molecule has 0 aliphatic heterocycles. The molecular formula is C22H23F3N4O3. The Bertz CT molecular complexity index is 1270. The summed E-state index contributed by atoms with van der Waals surface area (Å²) in [5.41, 5.74) is 4.86. The Kier molecular flexibility index (Phi) is 6.01. The van der Waals surface area contributed by atoms with E-state index in [0.29, 0.717) is 16.6 Å². The number of halogens is 3. The molecule has 0 aliphatic rings. The van der Waals surface area contributed by atoms with Crippen LogP contribution in [0.3, 0.4) is 0 Å². The highest BCUT2D eigenvalue weighted by molar-refractivity contribution is 5.98. The average Bonchev–Trinajstić information content (AvgIpc) is 2.71. The minimum Gasteiger partial charge on any atom is -0.480 e. The zero-order chi connectivity index (χ0) is 24.0. The van der Waals surface area contributed by atoms with Gasteiger partial charge in [0.2, 0.25) is 0 Å². The van der Waals surface area contributed by atoms with E-state index in [1.54, 1.807) is 25.1 Å². The van der Waals surface area contributed by atoms with Crippen molar-refractivity contribution < 1.29 is 23.1 Å². The Hall–Kier alpha value is -3.40. The van der Waals surface area contributed by atoms with E-state index in [4.69, 9.17) is 5.73 Å². The first-order valence-electron chi connectivity index (χ1n) is 9.68. The Balaban J connectivity index is 2.41. The van der Waals surface area contributed by atoms with Gasteiger partial charge in [-0.1, -0.05) is 12.1 Å². The van der Waals surface area contributed by atoms with E-state index in [2.05, 4.69) is 4.98 Å². The molecule has 0 radical (unpaired) electrons. The summed E-state index contributed by atoms with van der Waals surface area (Å²) in [5, 5.41) is 9.62. The van der Waals surface area contributed by atoms with Gasteiger partial charge < -0.3 is 20.3 Å². The summed E-state index contributed by atoms with van der Waals surface area (Å²) in [6.45, 7) is 1.43. The summed E-state index contributed by atoms with van der Waals surface area (Å²) in [4.78, 5) is 30.3. The van der Waals surface area contributed by atoms with Crippen LogP contribution in [-0.4, -0.2) is 40.8 Å². The number of rotatable bonds is 5. The Morgan fingerprint density at radius 1 is 1.28 bits per heavy atom. The number of aromatic nitrogens is 2. The SMILES string of the molecule is Cc1cc(C(F)(F)F)c(-c2ccc(C[C@H](N)C(=O)O)c3cc(N(C)C)cnc23)c(=O)n1C. The molecule has 1 aromatic carbocycles. The lowest BCUT2D eigenvalue weighted by atomic mass is 9.93. The number of fused-ring (bicyclic) bond motifs is 1. The normalized spacial score (nSPS) is 12.8. The molecule has 3 N–H and O–H groups in total. The molecule has 2 heterocycles. The molecule has 7 nitrogen and oxygen atoms in total. The predicted octanol–water partition coefficient (Wildman–Crippen LogP) is 2.95. The van der Waals surface area contributed by atoms with Crippen molar-refractivity contribution in [3.63, 3.8) is 0 Å². The fourth-order valence-corrected chi connectivity index (χ4v) is 3.52. The molecular weight excluding hydrogens is 425 g/mol. The summed E-state index contributed by atoms with van der Waals surface area (Å²) < 4.78 is 42.8. The first-order valence-corrected chi connectivity index (χ1v) is 9.68. The van der Waals surface area contributed by atoms with E-state index in [1.807, 2.05) is 0 Å². The van der Waals surface area contributed by atoms with Crippen molar-refractivity contribution in [2.75, 3.05) is 19.0 Å². The van der Waals surface area contributed by atoms with Crippen LogP contribution in [0.1, 0.15) is 16.8 Å². The van der Waals surface area contributed by atoms with Crippen LogP contribution in [0.2, 0.25) is 0 Å². The molecule has 0 amide bonds. The van der Waals surface area contributed by atoms with Gasteiger partial charge in [0.05, 0.1) is 28.5 Å². The van der Waals surface area contributed by atoms with Crippen LogP contribution in [0, 0.1) is 6.92 Å². The van der Waals surface area contributed by atoms with Gasteiger partial charge in [0.25, 0.3) is 5.56 Å².